The minimum atomic E-state index is -0.0563. The molecule has 1 atom stereocenters. The number of nitrogens with one attached hydrogen (secondary N) is 1. The van der Waals surface area contributed by atoms with Crippen molar-refractivity contribution in [3.8, 4) is 0 Å². The Morgan fingerprint density at radius 1 is 1.35 bits per heavy atom. The van der Waals surface area contributed by atoms with Crippen LogP contribution in [0.2, 0.25) is 0 Å². The SMILES string of the molecule is C=CC(=O)N1CCC(C(=O)Nc2cnn(C(C)C3CC3)c2)CC1. The fourth-order valence-electron chi connectivity index (χ4n) is 3.16. The average molecular weight is 316 g/mol. The highest BCUT2D eigenvalue weighted by Crippen LogP contribution is 2.39. The number of hydrogen-bond acceptors (Lipinski definition) is 3. The van der Waals surface area contributed by atoms with Crippen LogP contribution >= 0.6 is 0 Å². The number of anilines is 1. The molecule has 1 saturated carbocycles. The van der Waals surface area contributed by atoms with Crippen molar-refractivity contribution in [1.29, 1.82) is 0 Å². The molecular weight excluding hydrogens is 292 g/mol. The molecule has 1 saturated heterocycles. The van der Waals surface area contributed by atoms with Crippen molar-refractivity contribution in [1.82, 2.24) is 14.7 Å². The first-order valence-corrected chi connectivity index (χ1v) is 8.35. The Balaban J connectivity index is 1.51. The lowest BCUT2D eigenvalue weighted by Crippen LogP contribution is -2.40. The van der Waals surface area contributed by atoms with Gasteiger partial charge in [-0.05, 0) is 44.6 Å². The largest absolute Gasteiger partial charge is 0.339 e. The topological polar surface area (TPSA) is 67.2 Å². The van der Waals surface area contributed by atoms with E-state index >= 15 is 0 Å². The predicted octanol–water partition coefficient (Wildman–Crippen LogP) is 2.22. The molecule has 1 aromatic rings. The highest BCUT2D eigenvalue weighted by molar-refractivity contribution is 5.92. The predicted molar refractivity (Wildman–Crippen MR) is 87.8 cm³/mol. The first-order valence-electron chi connectivity index (χ1n) is 8.35. The summed E-state index contributed by atoms with van der Waals surface area (Å²) < 4.78 is 1.94. The van der Waals surface area contributed by atoms with Gasteiger partial charge >= 0.3 is 0 Å². The number of likely N-dealkylation sites (tertiary alicyclic amines) is 1. The molecule has 1 aliphatic heterocycles. The molecule has 1 aliphatic carbocycles. The summed E-state index contributed by atoms with van der Waals surface area (Å²) in [4.78, 5) is 25.7. The Labute approximate surface area is 136 Å². The number of aromatic nitrogens is 2. The first kappa shape index (κ1) is 15.8. The van der Waals surface area contributed by atoms with E-state index in [4.69, 9.17) is 0 Å². The van der Waals surface area contributed by atoms with Crippen molar-refractivity contribution in [2.24, 2.45) is 11.8 Å². The van der Waals surface area contributed by atoms with Crippen LogP contribution in [0.4, 0.5) is 5.69 Å². The summed E-state index contributed by atoms with van der Waals surface area (Å²) in [6.07, 6.45) is 8.88. The number of hydrogen-bond donors (Lipinski definition) is 1. The van der Waals surface area contributed by atoms with E-state index in [-0.39, 0.29) is 17.7 Å². The number of nitrogens with zero attached hydrogens (tertiary/aromatic N) is 3. The molecule has 0 spiro atoms. The van der Waals surface area contributed by atoms with Crippen LogP contribution in [0, 0.1) is 11.8 Å². The summed E-state index contributed by atoms with van der Waals surface area (Å²) in [6.45, 7) is 6.89. The molecule has 23 heavy (non-hydrogen) atoms. The van der Waals surface area contributed by atoms with Crippen LogP contribution in [0.5, 0.6) is 0 Å². The maximum absolute atomic E-state index is 12.4. The van der Waals surface area contributed by atoms with Crippen LogP contribution in [0.15, 0.2) is 25.0 Å². The highest BCUT2D eigenvalue weighted by atomic mass is 16.2. The monoisotopic (exact) mass is 316 g/mol. The highest BCUT2D eigenvalue weighted by Gasteiger charge is 2.30. The minimum Gasteiger partial charge on any atom is -0.339 e. The normalized spacial score (nSPS) is 20.1. The van der Waals surface area contributed by atoms with Crippen molar-refractivity contribution >= 4 is 17.5 Å². The van der Waals surface area contributed by atoms with Crippen molar-refractivity contribution in [3.63, 3.8) is 0 Å². The zero-order chi connectivity index (χ0) is 16.4. The van der Waals surface area contributed by atoms with Gasteiger partial charge in [0.15, 0.2) is 0 Å². The lowest BCUT2D eigenvalue weighted by molar-refractivity contribution is -0.130. The van der Waals surface area contributed by atoms with E-state index in [2.05, 4.69) is 23.9 Å². The minimum absolute atomic E-state index is 0.0225. The molecule has 2 amide bonds. The van der Waals surface area contributed by atoms with E-state index in [1.807, 2.05) is 10.9 Å². The van der Waals surface area contributed by atoms with E-state index < -0.39 is 0 Å². The average Bonchev–Trinajstić information content (AvgIpc) is 3.33. The van der Waals surface area contributed by atoms with Gasteiger partial charge < -0.3 is 10.2 Å². The van der Waals surface area contributed by atoms with E-state index in [1.165, 1.54) is 18.9 Å². The quantitative estimate of drug-likeness (QED) is 0.847. The molecule has 124 valence electrons. The standard InChI is InChI=1S/C17H24N4O2/c1-3-16(22)20-8-6-14(7-9-20)17(23)19-15-10-18-21(11-15)12(2)13-4-5-13/h3,10-14H,1,4-9H2,2H3,(H,19,23). The van der Waals surface area contributed by atoms with Gasteiger partial charge in [-0.3, -0.25) is 14.3 Å². The van der Waals surface area contributed by atoms with Crippen LogP contribution in [-0.4, -0.2) is 39.6 Å². The van der Waals surface area contributed by atoms with Gasteiger partial charge in [-0.15, -0.1) is 0 Å². The van der Waals surface area contributed by atoms with Crippen LogP contribution in [-0.2, 0) is 9.59 Å². The molecule has 2 heterocycles. The Kier molecular flexibility index (Phi) is 4.50. The van der Waals surface area contributed by atoms with E-state index in [0.717, 1.165) is 11.6 Å². The van der Waals surface area contributed by atoms with Gasteiger partial charge in [0.25, 0.3) is 0 Å². The van der Waals surface area contributed by atoms with E-state index in [1.54, 1.807) is 11.1 Å². The van der Waals surface area contributed by atoms with Gasteiger partial charge in [0.05, 0.1) is 17.9 Å². The summed E-state index contributed by atoms with van der Waals surface area (Å²) in [6, 6.07) is 0.397. The second-order valence-electron chi connectivity index (χ2n) is 6.58. The number of amides is 2. The third-order valence-corrected chi connectivity index (χ3v) is 4.94. The second-order valence-corrected chi connectivity index (χ2v) is 6.58. The summed E-state index contributed by atoms with van der Waals surface area (Å²) in [5, 5.41) is 7.32. The van der Waals surface area contributed by atoms with Gasteiger partial charge in [0, 0.05) is 25.2 Å². The summed E-state index contributed by atoms with van der Waals surface area (Å²) in [5.74, 6) is 0.645. The third-order valence-electron chi connectivity index (χ3n) is 4.94. The fourth-order valence-corrected chi connectivity index (χ4v) is 3.16. The summed E-state index contributed by atoms with van der Waals surface area (Å²) in [5.41, 5.74) is 0.757. The van der Waals surface area contributed by atoms with Crippen LogP contribution in [0.25, 0.3) is 0 Å². The molecule has 2 fully saturated rings. The molecule has 0 radical (unpaired) electrons. The molecule has 0 aromatic carbocycles. The number of carbonyl (C=O) groups is 2. The molecule has 1 unspecified atom stereocenters. The Morgan fingerprint density at radius 3 is 2.65 bits per heavy atom. The molecule has 6 heteroatoms. The number of carbonyl (C=O) groups excluding carboxylic acids is 2. The lowest BCUT2D eigenvalue weighted by atomic mass is 9.96. The zero-order valence-electron chi connectivity index (χ0n) is 13.6. The van der Waals surface area contributed by atoms with Gasteiger partial charge in [-0.1, -0.05) is 6.58 Å². The van der Waals surface area contributed by atoms with Crippen molar-refractivity contribution in [3.05, 3.63) is 25.0 Å². The maximum atomic E-state index is 12.4. The number of rotatable bonds is 5. The summed E-state index contributed by atoms with van der Waals surface area (Å²) >= 11 is 0. The Hall–Kier alpha value is -2.11. The van der Waals surface area contributed by atoms with Crippen LogP contribution in [0.3, 0.4) is 0 Å². The van der Waals surface area contributed by atoms with Crippen molar-refractivity contribution in [2.75, 3.05) is 18.4 Å². The first-order chi connectivity index (χ1) is 11.1. The summed E-state index contributed by atoms with van der Waals surface area (Å²) in [7, 11) is 0. The van der Waals surface area contributed by atoms with Gasteiger partial charge in [0.2, 0.25) is 11.8 Å². The zero-order valence-corrected chi connectivity index (χ0v) is 13.6. The van der Waals surface area contributed by atoms with Gasteiger partial charge in [-0.25, -0.2) is 0 Å². The van der Waals surface area contributed by atoms with Gasteiger partial charge in [0.1, 0.15) is 0 Å². The van der Waals surface area contributed by atoms with Crippen LogP contribution < -0.4 is 5.32 Å². The second kappa shape index (κ2) is 6.56. The molecule has 1 N–H and O–H groups in total. The molecule has 2 aliphatic rings. The molecule has 6 nitrogen and oxygen atoms in total. The molecule has 1 aromatic heterocycles. The molecule has 0 bridgehead atoms. The van der Waals surface area contributed by atoms with E-state index in [9.17, 15) is 9.59 Å². The van der Waals surface area contributed by atoms with Crippen molar-refractivity contribution < 1.29 is 9.59 Å². The number of piperidine rings is 1. The smallest absolute Gasteiger partial charge is 0.245 e. The van der Waals surface area contributed by atoms with E-state index in [0.29, 0.717) is 32.0 Å². The lowest BCUT2D eigenvalue weighted by Gasteiger charge is -2.30. The fraction of sp³-hybridized carbons (Fsp3) is 0.588. The van der Waals surface area contributed by atoms with Gasteiger partial charge in [-0.2, -0.15) is 5.10 Å². The Bertz CT molecular complexity index is 597. The maximum Gasteiger partial charge on any atom is 0.245 e. The Morgan fingerprint density at radius 2 is 2.04 bits per heavy atom. The van der Waals surface area contributed by atoms with Crippen molar-refractivity contribution in [2.45, 2.75) is 38.6 Å². The molecule has 3 rings (SSSR count). The third kappa shape index (κ3) is 3.63. The van der Waals surface area contributed by atoms with Crippen LogP contribution in [0.1, 0.15) is 38.6 Å². The molecular formula is C17H24N4O2.